The van der Waals surface area contributed by atoms with Crippen LogP contribution >= 0.6 is 0 Å². The highest BCUT2D eigenvalue weighted by Crippen LogP contribution is 2.52. The second kappa shape index (κ2) is 9.42. The zero-order valence-corrected chi connectivity index (χ0v) is 27.0. The molecule has 2 aliphatic carbocycles. The molecular weight excluding hydrogens is 591 g/mol. The van der Waals surface area contributed by atoms with E-state index >= 15 is 0 Å². The summed E-state index contributed by atoms with van der Waals surface area (Å²) in [5.41, 5.74) is 19.2. The quantitative estimate of drug-likeness (QED) is 0.175. The van der Waals surface area contributed by atoms with Crippen LogP contribution in [-0.2, 0) is 0 Å². The molecule has 7 aromatic rings. The molecule has 228 valence electrons. The molecule has 4 heterocycles. The molecule has 0 saturated carbocycles. The molecule has 0 fully saturated rings. The van der Waals surface area contributed by atoms with E-state index in [9.17, 15) is 0 Å². The van der Waals surface area contributed by atoms with E-state index in [0.717, 1.165) is 12.8 Å². The maximum Gasteiger partial charge on any atom is 0.252 e. The summed E-state index contributed by atoms with van der Waals surface area (Å²) in [6, 6.07) is 48.2. The van der Waals surface area contributed by atoms with Crippen molar-refractivity contribution in [2.45, 2.75) is 24.8 Å². The minimum Gasteiger partial charge on any atom is -0.334 e. The van der Waals surface area contributed by atoms with Gasteiger partial charge in [-0.1, -0.05) is 133 Å². The molecule has 0 amide bonds. The number of para-hydroxylation sites is 1. The lowest BCUT2D eigenvalue weighted by atomic mass is 9.33. The van der Waals surface area contributed by atoms with E-state index in [-0.39, 0.29) is 12.8 Å². The molecule has 2 atom stereocenters. The normalized spacial score (nSPS) is 18.9. The lowest BCUT2D eigenvalue weighted by molar-refractivity contribution is 0.723. The minimum absolute atomic E-state index is 0.128. The van der Waals surface area contributed by atoms with E-state index in [2.05, 4.69) is 161 Å². The summed E-state index contributed by atoms with van der Waals surface area (Å²) in [4.78, 5) is 2.71. The summed E-state index contributed by atoms with van der Waals surface area (Å²) < 4.78 is 2.63. The number of hydrogen-bond donors (Lipinski definition) is 0. The SMILES string of the molecule is C1=CC2=CC3C(C=C2CC1)c1cccc2c1N3c1cccc3c1B2c1c2ccccc2cc2c(-c4ccccc4)c(-c4ccccc4)n-3c12. The Kier molecular flexibility index (Phi) is 5.04. The molecule has 0 saturated heterocycles. The molecule has 0 radical (unpaired) electrons. The first-order valence-corrected chi connectivity index (χ1v) is 17.7. The van der Waals surface area contributed by atoms with Crippen molar-refractivity contribution in [1.82, 2.24) is 4.57 Å². The summed E-state index contributed by atoms with van der Waals surface area (Å²) in [5, 5.41) is 3.97. The van der Waals surface area contributed by atoms with Crippen molar-refractivity contribution >= 4 is 56.2 Å². The molecule has 0 N–H and O–H groups in total. The van der Waals surface area contributed by atoms with Crippen LogP contribution in [0.1, 0.15) is 24.3 Å². The first-order valence-electron chi connectivity index (χ1n) is 17.7. The predicted octanol–water partition coefficient (Wildman–Crippen LogP) is 9.08. The van der Waals surface area contributed by atoms with Crippen LogP contribution in [-0.4, -0.2) is 17.3 Å². The molecule has 5 aliphatic rings. The van der Waals surface area contributed by atoms with Crippen molar-refractivity contribution in [2.24, 2.45) is 0 Å². The summed E-state index contributed by atoms with van der Waals surface area (Å²) in [5.74, 6) is 0.354. The van der Waals surface area contributed by atoms with E-state index in [1.807, 2.05) is 0 Å². The van der Waals surface area contributed by atoms with Gasteiger partial charge in [0.05, 0.1) is 17.3 Å². The van der Waals surface area contributed by atoms with E-state index in [1.54, 1.807) is 0 Å². The molecule has 0 spiro atoms. The number of aromatic nitrogens is 1. The van der Waals surface area contributed by atoms with Crippen molar-refractivity contribution in [3.05, 3.63) is 168 Å². The highest BCUT2D eigenvalue weighted by atomic mass is 15.2. The summed E-state index contributed by atoms with van der Waals surface area (Å²) in [7, 11) is 0. The molecule has 6 aromatic carbocycles. The first kappa shape index (κ1) is 26.2. The van der Waals surface area contributed by atoms with Crippen LogP contribution in [0.3, 0.4) is 0 Å². The van der Waals surface area contributed by atoms with E-state index in [1.165, 1.54) is 94.2 Å². The predicted molar refractivity (Wildman–Crippen MR) is 206 cm³/mol. The average Bonchev–Trinajstić information content (AvgIpc) is 3.68. The molecule has 12 rings (SSSR count). The smallest absolute Gasteiger partial charge is 0.252 e. The lowest BCUT2D eigenvalue weighted by Crippen LogP contribution is -2.61. The second-order valence-electron chi connectivity index (χ2n) is 14.3. The van der Waals surface area contributed by atoms with Crippen molar-refractivity contribution < 1.29 is 0 Å². The Morgan fingerprint density at radius 1 is 0.653 bits per heavy atom. The minimum atomic E-state index is 0.128. The molecule has 1 aromatic heterocycles. The van der Waals surface area contributed by atoms with Crippen molar-refractivity contribution in [2.75, 3.05) is 4.90 Å². The Hall–Kier alpha value is -5.80. The Bertz CT molecular complexity index is 2680. The highest BCUT2D eigenvalue weighted by Gasteiger charge is 2.50. The van der Waals surface area contributed by atoms with Crippen LogP contribution in [0.25, 0.3) is 49.7 Å². The Labute approximate surface area is 286 Å². The number of nitrogens with zero attached hydrogens (tertiary/aromatic N) is 2. The third-order valence-electron chi connectivity index (χ3n) is 11.9. The van der Waals surface area contributed by atoms with E-state index in [0.29, 0.717) is 5.92 Å². The van der Waals surface area contributed by atoms with E-state index in [4.69, 9.17) is 0 Å². The van der Waals surface area contributed by atoms with Gasteiger partial charge in [-0.2, -0.15) is 0 Å². The van der Waals surface area contributed by atoms with Crippen LogP contribution in [0.15, 0.2) is 163 Å². The van der Waals surface area contributed by atoms with Crippen LogP contribution in [0, 0.1) is 0 Å². The molecule has 3 aliphatic heterocycles. The van der Waals surface area contributed by atoms with Crippen LogP contribution in [0.5, 0.6) is 0 Å². The van der Waals surface area contributed by atoms with Gasteiger partial charge in [0.25, 0.3) is 6.71 Å². The summed E-state index contributed by atoms with van der Waals surface area (Å²) >= 11 is 0. The number of benzene rings is 6. The van der Waals surface area contributed by atoms with Gasteiger partial charge in [-0.15, -0.1) is 0 Å². The van der Waals surface area contributed by atoms with Gasteiger partial charge >= 0.3 is 0 Å². The number of allylic oxidation sites excluding steroid dienone is 4. The number of hydrogen-bond acceptors (Lipinski definition) is 1. The zero-order valence-electron chi connectivity index (χ0n) is 27.0. The third-order valence-corrected chi connectivity index (χ3v) is 11.9. The Morgan fingerprint density at radius 2 is 1.43 bits per heavy atom. The summed E-state index contributed by atoms with van der Waals surface area (Å²) in [6.45, 7) is 0.128. The fourth-order valence-electron chi connectivity index (χ4n) is 10.1. The molecular formula is C46H31BN2. The van der Waals surface area contributed by atoms with Crippen LogP contribution in [0.4, 0.5) is 11.4 Å². The molecule has 2 nitrogen and oxygen atoms in total. The molecule has 49 heavy (non-hydrogen) atoms. The van der Waals surface area contributed by atoms with Crippen LogP contribution in [0.2, 0.25) is 0 Å². The van der Waals surface area contributed by atoms with Gasteiger partial charge in [0, 0.05) is 33.9 Å². The van der Waals surface area contributed by atoms with Gasteiger partial charge in [0.2, 0.25) is 0 Å². The molecule has 3 heteroatoms. The number of anilines is 2. The Morgan fingerprint density at radius 3 is 2.31 bits per heavy atom. The second-order valence-corrected chi connectivity index (χ2v) is 14.3. The van der Waals surface area contributed by atoms with Crippen molar-refractivity contribution in [3.63, 3.8) is 0 Å². The fourth-order valence-corrected chi connectivity index (χ4v) is 10.1. The van der Waals surface area contributed by atoms with Gasteiger partial charge in [-0.05, 0) is 86.0 Å². The summed E-state index contributed by atoms with van der Waals surface area (Å²) in [6.07, 6.45) is 12.2. The molecule has 2 unspecified atom stereocenters. The largest absolute Gasteiger partial charge is 0.334 e. The standard InChI is InChI=1S/C46H31BN2/c1-3-13-28(14-4-1)41-36-26-32-19-9-10-20-33(32)42-46(36)49(44(41)29-15-5-2-6-16-29)39-24-12-23-38-43(39)47(42)37-22-11-21-34-35-25-30-17-7-8-18-31(30)27-40(35)48(38)45(34)37/h1-6,8-16,18-27,35,40H,7,17H2. The average molecular weight is 623 g/mol. The third kappa shape index (κ3) is 3.28. The topological polar surface area (TPSA) is 8.17 Å². The monoisotopic (exact) mass is 622 g/mol. The maximum absolute atomic E-state index is 2.71. The maximum atomic E-state index is 2.71. The number of fused-ring (bicyclic) bond motifs is 10. The highest BCUT2D eigenvalue weighted by molar-refractivity contribution is 7.01. The van der Waals surface area contributed by atoms with Crippen LogP contribution < -0.4 is 21.3 Å². The first-order chi connectivity index (χ1) is 24.3. The number of rotatable bonds is 2. The molecule has 0 bridgehead atoms. The van der Waals surface area contributed by atoms with E-state index < -0.39 is 0 Å². The van der Waals surface area contributed by atoms with Gasteiger partial charge in [0.15, 0.2) is 0 Å². The van der Waals surface area contributed by atoms with Gasteiger partial charge in [-0.3, -0.25) is 0 Å². The van der Waals surface area contributed by atoms with Crippen molar-refractivity contribution in [1.29, 1.82) is 0 Å². The Balaban J connectivity index is 1.26. The zero-order chi connectivity index (χ0) is 31.8. The van der Waals surface area contributed by atoms with Gasteiger partial charge in [0.1, 0.15) is 0 Å². The van der Waals surface area contributed by atoms with Gasteiger partial charge < -0.3 is 9.47 Å². The lowest BCUT2D eigenvalue weighted by Gasteiger charge is -2.41. The fraction of sp³-hybridized carbons (Fsp3) is 0.0870. The van der Waals surface area contributed by atoms with Gasteiger partial charge in [-0.25, -0.2) is 0 Å². The van der Waals surface area contributed by atoms with Crippen molar-refractivity contribution in [3.8, 4) is 28.1 Å².